The summed E-state index contributed by atoms with van der Waals surface area (Å²) < 4.78 is 68.7. The van der Waals surface area contributed by atoms with Gasteiger partial charge in [0.2, 0.25) is 5.91 Å². The first kappa shape index (κ1) is 32.0. The number of carboxylic acids is 2. The number of likely N-dealkylation sites (tertiary alicyclic amines) is 2. The fraction of sp³-hybridized carbons (Fsp3) is 0.591. The topological polar surface area (TPSA) is 111 Å². The molecule has 2 saturated heterocycles. The van der Waals surface area contributed by atoms with Gasteiger partial charge in [0.05, 0.1) is 13.7 Å². The molecule has 1 aromatic carbocycles. The van der Waals surface area contributed by atoms with Gasteiger partial charge in [-0.05, 0) is 30.5 Å². The number of nitrogens with zero attached hydrogens (tertiary/aromatic N) is 3. The smallest absolute Gasteiger partial charge is 0.490 e. The molecular weight excluding hydrogens is 516 g/mol. The molecule has 2 fully saturated rings. The number of benzene rings is 1. The first-order valence-corrected chi connectivity index (χ1v) is 10.9. The molecule has 2 N–H and O–H groups in total. The van der Waals surface area contributed by atoms with Crippen molar-refractivity contribution in [3.63, 3.8) is 0 Å². The van der Waals surface area contributed by atoms with Crippen LogP contribution in [0.15, 0.2) is 24.3 Å². The van der Waals surface area contributed by atoms with Crippen molar-refractivity contribution in [3.8, 4) is 5.75 Å². The average Bonchev–Trinajstić information content (AvgIpc) is 3.37. The zero-order chi connectivity index (χ0) is 28.6. The van der Waals surface area contributed by atoms with E-state index in [0.29, 0.717) is 18.6 Å². The number of alkyl halides is 6. The van der Waals surface area contributed by atoms with E-state index in [0.717, 1.165) is 25.4 Å². The summed E-state index contributed by atoms with van der Waals surface area (Å²) in [7, 11) is 5.36. The minimum atomic E-state index is -5.08. The summed E-state index contributed by atoms with van der Waals surface area (Å²) in [6, 6.07) is 9.48. The lowest BCUT2D eigenvalue weighted by Crippen LogP contribution is -2.41. The Labute approximate surface area is 209 Å². The number of rotatable bonds is 5. The van der Waals surface area contributed by atoms with Gasteiger partial charge in [0.15, 0.2) is 0 Å². The number of ether oxygens (including phenoxy) is 1. The van der Waals surface area contributed by atoms with E-state index in [9.17, 15) is 31.1 Å². The second-order valence-electron chi connectivity index (χ2n) is 8.40. The SMILES string of the molecule is COc1ccc(CN2CC[C@H]3[C@H]2CCN3CC(=O)N(C)C)cc1.O=C(O)C(F)(F)F.O=C(O)C(F)(F)F. The maximum Gasteiger partial charge on any atom is 0.490 e. The van der Waals surface area contributed by atoms with Crippen molar-refractivity contribution >= 4 is 17.8 Å². The molecule has 0 unspecified atom stereocenters. The Morgan fingerprint density at radius 1 is 0.892 bits per heavy atom. The highest BCUT2D eigenvalue weighted by atomic mass is 19.4. The molecule has 2 aliphatic rings. The van der Waals surface area contributed by atoms with Gasteiger partial charge in [-0.3, -0.25) is 14.6 Å². The van der Waals surface area contributed by atoms with Gasteiger partial charge in [-0.15, -0.1) is 0 Å². The minimum absolute atomic E-state index is 0.208. The number of fused-ring (bicyclic) bond motifs is 1. The molecule has 2 aliphatic heterocycles. The molecule has 0 aliphatic carbocycles. The highest BCUT2D eigenvalue weighted by molar-refractivity contribution is 5.77. The second-order valence-corrected chi connectivity index (χ2v) is 8.40. The van der Waals surface area contributed by atoms with E-state index in [2.05, 4.69) is 21.9 Å². The Morgan fingerprint density at radius 2 is 1.30 bits per heavy atom. The maximum atomic E-state index is 12.0. The predicted molar refractivity (Wildman–Crippen MR) is 118 cm³/mol. The van der Waals surface area contributed by atoms with Crippen LogP contribution in [0.25, 0.3) is 0 Å². The molecule has 2 atom stereocenters. The lowest BCUT2D eigenvalue weighted by molar-refractivity contribution is -0.193. The van der Waals surface area contributed by atoms with Crippen molar-refractivity contribution in [2.45, 2.75) is 43.8 Å². The van der Waals surface area contributed by atoms with Gasteiger partial charge < -0.3 is 19.8 Å². The normalized spacial score (nSPS) is 19.6. The van der Waals surface area contributed by atoms with Crippen molar-refractivity contribution < 1.29 is 55.7 Å². The second kappa shape index (κ2) is 13.5. The standard InChI is InChI=1S/C18H27N3O2.2C2HF3O2/c1-19(2)18(22)13-21-11-9-16-17(21)8-10-20(16)12-14-4-6-15(23-3)7-5-14;2*3-2(4,5)1(6)7/h4-7,16-17H,8-13H2,1-3H3;2*(H,6,7)/t16-,17+;;/m1../s1. The van der Waals surface area contributed by atoms with E-state index in [4.69, 9.17) is 24.5 Å². The van der Waals surface area contributed by atoms with Gasteiger partial charge >= 0.3 is 24.3 Å². The molecule has 210 valence electrons. The molecule has 0 saturated carbocycles. The fourth-order valence-electron chi connectivity index (χ4n) is 3.84. The summed E-state index contributed by atoms with van der Waals surface area (Å²) in [5.74, 6) is -4.40. The molecule has 1 amide bonds. The summed E-state index contributed by atoms with van der Waals surface area (Å²) in [5.41, 5.74) is 1.33. The molecule has 0 aromatic heterocycles. The average molecular weight is 545 g/mol. The van der Waals surface area contributed by atoms with Gasteiger partial charge in [0.25, 0.3) is 0 Å². The van der Waals surface area contributed by atoms with Gasteiger partial charge in [-0.25, -0.2) is 9.59 Å². The van der Waals surface area contributed by atoms with E-state index < -0.39 is 24.3 Å². The lowest BCUT2D eigenvalue weighted by Gasteiger charge is -2.26. The van der Waals surface area contributed by atoms with Crippen LogP contribution in [0, 0.1) is 0 Å². The first-order chi connectivity index (χ1) is 17.0. The molecule has 37 heavy (non-hydrogen) atoms. The number of likely N-dealkylation sites (N-methyl/N-ethyl adjacent to an activating group) is 1. The third-order valence-electron chi connectivity index (χ3n) is 5.67. The van der Waals surface area contributed by atoms with Crippen molar-refractivity contribution in [2.75, 3.05) is 40.8 Å². The van der Waals surface area contributed by atoms with Crippen molar-refractivity contribution in [1.82, 2.24) is 14.7 Å². The van der Waals surface area contributed by atoms with E-state index in [-0.39, 0.29) is 5.91 Å². The summed E-state index contributed by atoms with van der Waals surface area (Å²) in [6.45, 7) is 3.70. The Balaban J connectivity index is 0.000000404. The molecule has 9 nitrogen and oxygen atoms in total. The highest BCUT2D eigenvalue weighted by Crippen LogP contribution is 2.32. The summed E-state index contributed by atoms with van der Waals surface area (Å²) in [4.78, 5) is 36.4. The lowest BCUT2D eigenvalue weighted by atomic mass is 10.1. The van der Waals surface area contributed by atoms with Crippen LogP contribution >= 0.6 is 0 Å². The monoisotopic (exact) mass is 545 g/mol. The first-order valence-electron chi connectivity index (χ1n) is 10.9. The van der Waals surface area contributed by atoms with Crippen LogP contribution in [0.5, 0.6) is 5.75 Å². The quantitative estimate of drug-likeness (QED) is 0.544. The number of halogens is 6. The molecule has 2 heterocycles. The zero-order valence-electron chi connectivity index (χ0n) is 20.3. The van der Waals surface area contributed by atoms with E-state index in [1.165, 1.54) is 18.4 Å². The van der Waals surface area contributed by atoms with E-state index in [1.807, 2.05) is 26.2 Å². The van der Waals surface area contributed by atoms with Crippen LogP contribution in [0.3, 0.4) is 0 Å². The highest BCUT2D eigenvalue weighted by Gasteiger charge is 2.43. The van der Waals surface area contributed by atoms with Gasteiger partial charge in [-0.1, -0.05) is 12.1 Å². The number of carbonyl (C=O) groups is 3. The molecule has 0 radical (unpaired) electrons. The number of carbonyl (C=O) groups excluding carboxylic acids is 1. The van der Waals surface area contributed by atoms with Crippen LogP contribution < -0.4 is 4.74 Å². The van der Waals surface area contributed by atoms with E-state index in [1.54, 1.807) is 12.0 Å². The third kappa shape index (κ3) is 10.4. The molecule has 0 bridgehead atoms. The zero-order valence-corrected chi connectivity index (χ0v) is 20.3. The number of carboxylic acid groups (broad SMARTS) is 2. The van der Waals surface area contributed by atoms with Crippen molar-refractivity contribution in [2.24, 2.45) is 0 Å². The Morgan fingerprint density at radius 3 is 1.68 bits per heavy atom. The number of hydrogen-bond donors (Lipinski definition) is 2. The van der Waals surface area contributed by atoms with Crippen LogP contribution in [0.2, 0.25) is 0 Å². The Kier molecular flexibility index (Phi) is 11.6. The summed E-state index contributed by atoms with van der Waals surface area (Å²) >= 11 is 0. The van der Waals surface area contributed by atoms with Crippen LogP contribution in [-0.2, 0) is 20.9 Å². The Bertz CT molecular complexity index is 884. The molecule has 15 heteroatoms. The Hall–Kier alpha value is -3.07. The van der Waals surface area contributed by atoms with Crippen LogP contribution in [0.4, 0.5) is 26.3 Å². The molecule has 0 spiro atoms. The number of amides is 1. The van der Waals surface area contributed by atoms with Gasteiger partial charge in [0, 0.05) is 45.8 Å². The van der Waals surface area contributed by atoms with Crippen LogP contribution in [0.1, 0.15) is 18.4 Å². The molecule has 1 aromatic rings. The van der Waals surface area contributed by atoms with E-state index >= 15 is 0 Å². The summed E-state index contributed by atoms with van der Waals surface area (Å²) in [6.07, 6.45) is -7.83. The predicted octanol–water partition coefficient (Wildman–Crippen LogP) is 2.70. The summed E-state index contributed by atoms with van der Waals surface area (Å²) in [5, 5.41) is 14.2. The van der Waals surface area contributed by atoms with Gasteiger partial charge in [0.1, 0.15) is 5.75 Å². The fourth-order valence-corrected chi connectivity index (χ4v) is 3.84. The molecular formula is C22H29F6N3O6. The number of hydrogen-bond acceptors (Lipinski definition) is 6. The largest absolute Gasteiger partial charge is 0.497 e. The third-order valence-corrected chi connectivity index (χ3v) is 5.67. The number of aliphatic carboxylic acids is 2. The molecule has 3 rings (SSSR count). The van der Waals surface area contributed by atoms with Crippen molar-refractivity contribution in [1.29, 1.82) is 0 Å². The minimum Gasteiger partial charge on any atom is -0.497 e. The number of methoxy groups -OCH3 is 1. The van der Waals surface area contributed by atoms with Crippen molar-refractivity contribution in [3.05, 3.63) is 29.8 Å². The van der Waals surface area contributed by atoms with Crippen LogP contribution in [-0.4, -0.2) is 108 Å². The van der Waals surface area contributed by atoms with Gasteiger partial charge in [-0.2, -0.15) is 26.3 Å². The maximum absolute atomic E-state index is 12.0.